The van der Waals surface area contributed by atoms with Gasteiger partial charge in [0, 0.05) is 10.5 Å². The maximum atomic E-state index is 13.4. The van der Waals surface area contributed by atoms with Crippen LogP contribution in [-0.4, -0.2) is 19.7 Å². The molecule has 0 N–H and O–H groups in total. The molecule has 0 bridgehead atoms. The Bertz CT molecular complexity index is 1210. The molecule has 29 heavy (non-hydrogen) atoms. The summed E-state index contributed by atoms with van der Waals surface area (Å²) < 4.78 is 39.1. The lowest BCUT2D eigenvalue weighted by Gasteiger charge is -2.04. The van der Waals surface area contributed by atoms with Crippen molar-refractivity contribution in [3.05, 3.63) is 76.9 Å². The number of benzene rings is 2. The average Bonchev–Trinajstić information content (AvgIpc) is 3.39. The van der Waals surface area contributed by atoms with E-state index in [4.69, 9.17) is 0 Å². The van der Waals surface area contributed by atoms with Gasteiger partial charge < -0.3 is 0 Å². The molecule has 0 saturated heterocycles. The lowest BCUT2D eigenvalue weighted by Crippen LogP contribution is -2.02. The molecule has 4 aromatic rings. The van der Waals surface area contributed by atoms with Crippen molar-refractivity contribution in [3.63, 3.8) is 0 Å². The van der Waals surface area contributed by atoms with E-state index in [0.717, 1.165) is 20.9 Å². The Labute approximate surface area is 181 Å². The molecule has 148 valence electrons. The van der Waals surface area contributed by atoms with Gasteiger partial charge in [0.05, 0.1) is 10.6 Å². The third kappa shape index (κ3) is 4.45. The molecule has 0 atom stereocenters. The van der Waals surface area contributed by atoms with Crippen LogP contribution in [0.1, 0.15) is 5.01 Å². The van der Waals surface area contributed by atoms with E-state index in [9.17, 15) is 12.8 Å². The molecule has 3 nitrogen and oxygen atoms in total. The third-order valence-corrected chi connectivity index (χ3v) is 9.40. The molecule has 2 aromatic heterocycles. The van der Waals surface area contributed by atoms with E-state index in [1.807, 2.05) is 30.5 Å². The van der Waals surface area contributed by atoms with Crippen LogP contribution >= 0.6 is 34.4 Å². The highest BCUT2D eigenvalue weighted by atomic mass is 32.2. The minimum Gasteiger partial charge on any atom is -0.239 e. The number of thiophene rings is 1. The Morgan fingerprint density at radius 3 is 2.31 bits per heavy atom. The summed E-state index contributed by atoms with van der Waals surface area (Å²) in [6.45, 7) is 0. The Morgan fingerprint density at radius 2 is 1.69 bits per heavy atom. The predicted octanol–water partition coefficient (Wildman–Crippen LogP) is 6.37. The van der Waals surface area contributed by atoms with E-state index in [0.29, 0.717) is 14.9 Å². The fraction of sp³-hybridized carbons (Fsp3) is 0.0952. The summed E-state index contributed by atoms with van der Waals surface area (Å²) >= 11 is 4.22. The highest BCUT2D eigenvalue weighted by Crippen LogP contribution is 2.38. The van der Waals surface area contributed by atoms with Gasteiger partial charge in [0.1, 0.15) is 20.8 Å². The summed E-state index contributed by atoms with van der Waals surface area (Å²) in [7, 11) is -3.45. The highest BCUT2D eigenvalue weighted by molar-refractivity contribution is 7.98. The van der Waals surface area contributed by atoms with Crippen LogP contribution in [0.3, 0.4) is 0 Å². The molecule has 0 radical (unpaired) electrons. The van der Waals surface area contributed by atoms with Gasteiger partial charge in [-0.15, -0.1) is 34.4 Å². The quantitative estimate of drug-likeness (QED) is 0.313. The first-order chi connectivity index (χ1) is 14.0. The Kier molecular flexibility index (Phi) is 5.87. The van der Waals surface area contributed by atoms with Crippen molar-refractivity contribution in [3.8, 4) is 21.7 Å². The van der Waals surface area contributed by atoms with Gasteiger partial charge >= 0.3 is 0 Å². The van der Waals surface area contributed by atoms with E-state index < -0.39 is 9.84 Å². The number of halogens is 1. The smallest absolute Gasteiger partial charge is 0.194 e. The zero-order chi connectivity index (χ0) is 20.4. The maximum Gasteiger partial charge on any atom is 0.194 e. The molecule has 0 aliphatic heterocycles. The number of sulfone groups is 1. The molecule has 0 aliphatic rings. The zero-order valence-corrected chi connectivity index (χ0v) is 18.6. The van der Waals surface area contributed by atoms with Crippen molar-refractivity contribution in [2.45, 2.75) is 14.9 Å². The highest BCUT2D eigenvalue weighted by Gasteiger charge is 2.22. The van der Waals surface area contributed by atoms with Gasteiger partial charge in [-0.3, -0.25) is 0 Å². The van der Waals surface area contributed by atoms with Crippen LogP contribution in [0.25, 0.3) is 21.7 Å². The van der Waals surface area contributed by atoms with Crippen LogP contribution in [0.5, 0.6) is 0 Å². The zero-order valence-electron chi connectivity index (χ0n) is 15.3. The van der Waals surface area contributed by atoms with Gasteiger partial charge in [0.2, 0.25) is 0 Å². The van der Waals surface area contributed by atoms with E-state index in [1.165, 1.54) is 34.8 Å². The fourth-order valence-electron chi connectivity index (χ4n) is 2.84. The number of thioether (sulfide) groups is 1. The summed E-state index contributed by atoms with van der Waals surface area (Å²) in [6.07, 6.45) is 2.01. The largest absolute Gasteiger partial charge is 0.239 e. The Hall–Kier alpha value is -2.00. The minimum absolute atomic E-state index is 0.157. The predicted molar refractivity (Wildman–Crippen MR) is 120 cm³/mol. The summed E-state index contributed by atoms with van der Waals surface area (Å²) in [5, 5.41) is 2.26. The lowest BCUT2D eigenvalue weighted by atomic mass is 10.1. The van der Waals surface area contributed by atoms with Crippen molar-refractivity contribution in [1.29, 1.82) is 0 Å². The standard InChI is InChI=1S/C21H16FNO2S4/c1-26-17-10-6-15(7-11-17)21-20(14-4-8-16(22)9-5-14)23-18(28-21)13-29(24,25)19-3-2-12-27-19/h2-12H,13H2,1H3. The van der Waals surface area contributed by atoms with Crippen LogP contribution in [0.15, 0.2) is 75.1 Å². The van der Waals surface area contributed by atoms with Gasteiger partial charge in [-0.05, 0) is 59.7 Å². The van der Waals surface area contributed by atoms with Crippen LogP contribution in [0, 0.1) is 5.82 Å². The minimum atomic E-state index is -3.45. The second-order valence-corrected chi connectivity index (χ2v) is 11.3. The number of thiazole rings is 1. The van der Waals surface area contributed by atoms with Crippen LogP contribution in [-0.2, 0) is 15.6 Å². The molecule has 2 aromatic carbocycles. The monoisotopic (exact) mass is 461 g/mol. The first-order valence-corrected chi connectivity index (χ1v) is 13.2. The van der Waals surface area contributed by atoms with Crippen LogP contribution in [0.2, 0.25) is 0 Å². The van der Waals surface area contributed by atoms with Crippen molar-refractivity contribution in [2.75, 3.05) is 6.26 Å². The SMILES string of the molecule is CSc1ccc(-c2sc(CS(=O)(=O)c3cccs3)nc2-c2ccc(F)cc2)cc1. The van der Waals surface area contributed by atoms with Crippen molar-refractivity contribution < 1.29 is 12.8 Å². The van der Waals surface area contributed by atoms with Crippen molar-refractivity contribution >= 4 is 44.3 Å². The molecule has 0 unspecified atom stereocenters. The number of hydrogen-bond acceptors (Lipinski definition) is 6. The summed E-state index contributed by atoms with van der Waals surface area (Å²) in [4.78, 5) is 6.66. The third-order valence-electron chi connectivity index (χ3n) is 4.26. The summed E-state index contributed by atoms with van der Waals surface area (Å²) in [5.74, 6) is -0.481. The van der Waals surface area contributed by atoms with Gasteiger partial charge in [-0.1, -0.05) is 18.2 Å². The van der Waals surface area contributed by atoms with Gasteiger partial charge in [0.15, 0.2) is 9.84 Å². The van der Waals surface area contributed by atoms with E-state index in [2.05, 4.69) is 4.98 Å². The molecule has 0 fully saturated rings. The topological polar surface area (TPSA) is 47.0 Å². The second kappa shape index (κ2) is 8.39. The first-order valence-electron chi connectivity index (χ1n) is 8.62. The molecule has 0 saturated carbocycles. The normalized spacial score (nSPS) is 11.7. The average molecular weight is 462 g/mol. The number of aromatic nitrogens is 1. The maximum absolute atomic E-state index is 13.4. The lowest BCUT2D eigenvalue weighted by molar-refractivity contribution is 0.597. The number of nitrogens with zero attached hydrogens (tertiary/aromatic N) is 1. The van der Waals surface area contributed by atoms with Crippen LogP contribution in [0.4, 0.5) is 4.39 Å². The molecular weight excluding hydrogens is 446 g/mol. The first kappa shape index (κ1) is 20.3. The molecule has 0 amide bonds. The van der Waals surface area contributed by atoms with E-state index >= 15 is 0 Å². The molecular formula is C21H16FNO2S4. The molecule has 2 heterocycles. The second-order valence-electron chi connectivity index (χ2n) is 6.21. The van der Waals surface area contributed by atoms with Gasteiger partial charge in [0.25, 0.3) is 0 Å². The van der Waals surface area contributed by atoms with Crippen LogP contribution < -0.4 is 0 Å². The van der Waals surface area contributed by atoms with Crippen molar-refractivity contribution in [2.24, 2.45) is 0 Å². The van der Waals surface area contributed by atoms with E-state index in [1.54, 1.807) is 41.4 Å². The molecule has 4 rings (SSSR count). The Morgan fingerprint density at radius 1 is 1.00 bits per heavy atom. The fourth-order valence-corrected chi connectivity index (χ4v) is 7.03. The summed E-state index contributed by atoms with van der Waals surface area (Å²) in [6, 6.07) is 17.5. The number of hydrogen-bond donors (Lipinski definition) is 0. The van der Waals surface area contributed by atoms with E-state index in [-0.39, 0.29) is 11.6 Å². The summed E-state index contributed by atoms with van der Waals surface area (Å²) in [5.41, 5.74) is 2.38. The molecule has 8 heteroatoms. The van der Waals surface area contributed by atoms with Gasteiger partial charge in [-0.2, -0.15) is 0 Å². The van der Waals surface area contributed by atoms with Gasteiger partial charge in [-0.25, -0.2) is 17.8 Å². The number of rotatable bonds is 6. The Balaban J connectivity index is 1.78. The molecule has 0 spiro atoms. The van der Waals surface area contributed by atoms with Crippen molar-refractivity contribution in [1.82, 2.24) is 4.98 Å². The molecule has 0 aliphatic carbocycles.